The van der Waals surface area contributed by atoms with E-state index in [9.17, 15) is 4.39 Å². The first-order chi connectivity index (χ1) is 11.1. The normalized spacial score (nSPS) is 11.5. The summed E-state index contributed by atoms with van der Waals surface area (Å²) in [4.78, 5) is 0. The van der Waals surface area contributed by atoms with E-state index in [1.807, 2.05) is 37.3 Å². The standard InChI is InChI=1S/C17H14FN3OS/c1-11(16-10-12-4-2-3-5-15(12)22-16)20-21-17(23)19-14-8-6-13(18)7-9-14/h2-10H,1H3,(H2,19,21,23)/b20-11+. The van der Waals surface area contributed by atoms with Gasteiger partial charge in [0.15, 0.2) is 10.9 Å². The fourth-order valence-corrected chi connectivity index (χ4v) is 2.21. The maximum atomic E-state index is 12.8. The number of furan rings is 1. The van der Waals surface area contributed by atoms with Crippen LogP contribution in [0.4, 0.5) is 10.1 Å². The summed E-state index contributed by atoms with van der Waals surface area (Å²) in [5.41, 5.74) is 4.90. The lowest BCUT2D eigenvalue weighted by Crippen LogP contribution is -2.24. The molecule has 116 valence electrons. The first-order valence-electron chi connectivity index (χ1n) is 6.97. The SMILES string of the molecule is C/C(=N\NC(=S)Nc1ccc(F)cc1)c1cc2ccccc2o1. The maximum Gasteiger partial charge on any atom is 0.191 e. The molecule has 1 aromatic heterocycles. The fourth-order valence-electron chi connectivity index (χ4n) is 2.04. The Morgan fingerprint density at radius 3 is 2.61 bits per heavy atom. The number of halogens is 1. The van der Waals surface area contributed by atoms with Gasteiger partial charge in [0.1, 0.15) is 17.1 Å². The Hall–Kier alpha value is -2.73. The summed E-state index contributed by atoms with van der Waals surface area (Å²) >= 11 is 5.15. The largest absolute Gasteiger partial charge is 0.455 e. The van der Waals surface area contributed by atoms with Crippen molar-refractivity contribution in [2.24, 2.45) is 5.10 Å². The molecular formula is C17H14FN3OS. The van der Waals surface area contributed by atoms with E-state index in [0.29, 0.717) is 22.3 Å². The zero-order chi connectivity index (χ0) is 16.2. The van der Waals surface area contributed by atoms with Gasteiger partial charge in [-0.1, -0.05) is 18.2 Å². The molecule has 4 nitrogen and oxygen atoms in total. The predicted molar refractivity (Wildman–Crippen MR) is 94.2 cm³/mol. The molecule has 0 amide bonds. The van der Waals surface area contributed by atoms with E-state index in [1.165, 1.54) is 12.1 Å². The molecule has 0 unspecified atom stereocenters. The number of hydrogen-bond acceptors (Lipinski definition) is 3. The fraction of sp³-hybridized carbons (Fsp3) is 0.0588. The van der Waals surface area contributed by atoms with Gasteiger partial charge >= 0.3 is 0 Å². The van der Waals surface area contributed by atoms with Crippen molar-refractivity contribution in [3.8, 4) is 0 Å². The van der Waals surface area contributed by atoms with Gasteiger partial charge in [0.25, 0.3) is 0 Å². The van der Waals surface area contributed by atoms with Gasteiger partial charge in [-0.2, -0.15) is 5.10 Å². The second kappa shape index (κ2) is 6.58. The number of benzene rings is 2. The van der Waals surface area contributed by atoms with Crippen LogP contribution in [0, 0.1) is 5.82 Å². The molecule has 0 aliphatic rings. The van der Waals surface area contributed by atoms with E-state index < -0.39 is 0 Å². The molecule has 0 bridgehead atoms. The van der Waals surface area contributed by atoms with Crippen LogP contribution in [0.2, 0.25) is 0 Å². The number of nitrogens with zero attached hydrogens (tertiary/aromatic N) is 1. The summed E-state index contributed by atoms with van der Waals surface area (Å²) in [5, 5.41) is 8.45. The van der Waals surface area contributed by atoms with Crippen LogP contribution in [-0.4, -0.2) is 10.8 Å². The van der Waals surface area contributed by atoms with E-state index in [-0.39, 0.29) is 5.82 Å². The van der Waals surface area contributed by atoms with Crippen molar-refractivity contribution in [1.29, 1.82) is 0 Å². The quantitative estimate of drug-likeness (QED) is 0.428. The minimum absolute atomic E-state index is 0.298. The first kappa shape index (κ1) is 15.2. The number of hydrazone groups is 1. The van der Waals surface area contributed by atoms with Crippen LogP contribution in [0.1, 0.15) is 12.7 Å². The van der Waals surface area contributed by atoms with E-state index >= 15 is 0 Å². The first-order valence-corrected chi connectivity index (χ1v) is 7.38. The molecule has 3 aromatic rings. The summed E-state index contributed by atoms with van der Waals surface area (Å²) in [5.74, 6) is 0.372. The van der Waals surface area contributed by atoms with Crippen molar-refractivity contribution in [3.63, 3.8) is 0 Å². The van der Waals surface area contributed by atoms with Gasteiger partial charge in [-0.25, -0.2) is 4.39 Å². The molecule has 0 aliphatic heterocycles. The maximum absolute atomic E-state index is 12.8. The number of rotatable bonds is 3. The Morgan fingerprint density at radius 2 is 1.87 bits per heavy atom. The van der Waals surface area contributed by atoms with Crippen LogP contribution < -0.4 is 10.7 Å². The van der Waals surface area contributed by atoms with Crippen molar-refractivity contribution in [1.82, 2.24) is 5.43 Å². The van der Waals surface area contributed by atoms with E-state index in [0.717, 1.165) is 11.0 Å². The van der Waals surface area contributed by atoms with Crippen molar-refractivity contribution in [2.75, 3.05) is 5.32 Å². The average molecular weight is 327 g/mol. The topological polar surface area (TPSA) is 49.6 Å². The molecule has 23 heavy (non-hydrogen) atoms. The van der Waals surface area contributed by atoms with Gasteiger partial charge in [-0.05, 0) is 55.5 Å². The van der Waals surface area contributed by atoms with Crippen molar-refractivity contribution >= 4 is 39.7 Å². The van der Waals surface area contributed by atoms with Crippen LogP contribution in [0.15, 0.2) is 64.1 Å². The zero-order valence-corrected chi connectivity index (χ0v) is 13.2. The van der Waals surface area contributed by atoms with Crippen molar-refractivity contribution in [2.45, 2.75) is 6.92 Å². The van der Waals surface area contributed by atoms with Gasteiger partial charge in [0.05, 0.1) is 0 Å². The lowest BCUT2D eigenvalue weighted by atomic mass is 10.2. The molecule has 0 radical (unpaired) electrons. The second-order valence-electron chi connectivity index (χ2n) is 4.92. The molecule has 0 atom stereocenters. The van der Waals surface area contributed by atoms with Crippen LogP contribution in [-0.2, 0) is 0 Å². The number of nitrogens with one attached hydrogen (secondary N) is 2. The summed E-state index contributed by atoms with van der Waals surface area (Å²) in [7, 11) is 0. The molecule has 3 rings (SSSR count). The average Bonchev–Trinajstić information content (AvgIpc) is 2.99. The lowest BCUT2D eigenvalue weighted by molar-refractivity contribution is 0.603. The van der Waals surface area contributed by atoms with Crippen LogP contribution in [0.5, 0.6) is 0 Å². The highest BCUT2D eigenvalue weighted by Gasteiger charge is 2.06. The minimum atomic E-state index is -0.298. The Labute approximate surface area is 138 Å². The summed E-state index contributed by atoms with van der Waals surface area (Å²) < 4.78 is 18.6. The van der Waals surface area contributed by atoms with Crippen LogP contribution in [0.25, 0.3) is 11.0 Å². The van der Waals surface area contributed by atoms with Gasteiger partial charge in [-0.3, -0.25) is 5.43 Å². The number of anilines is 1. The number of thiocarbonyl (C=S) groups is 1. The third kappa shape index (κ3) is 3.73. The monoisotopic (exact) mass is 327 g/mol. The molecule has 0 aliphatic carbocycles. The Kier molecular flexibility index (Phi) is 4.34. The van der Waals surface area contributed by atoms with Gasteiger partial charge in [-0.15, -0.1) is 0 Å². The van der Waals surface area contributed by atoms with Crippen molar-refractivity contribution < 1.29 is 8.81 Å². The Bertz CT molecular complexity index is 838. The zero-order valence-electron chi connectivity index (χ0n) is 12.3. The smallest absolute Gasteiger partial charge is 0.191 e. The second-order valence-corrected chi connectivity index (χ2v) is 5.33. The van der Waals surface area contributed by atoms with E-state index in [1.54, 1.807) is 12.1 Å². The molecule has 2 aromatic carbocycles. The molecule has 0 spiro atoms. The molecule has 0 saturated heterocycles. The Balaban J connectivity index is 1.66. The summed E-state index contributed by atoms with van der Waals surface area (Å²) in [6.07, 6.45) is 0. The molecule has 6 heteroatoms. The van der Waals surface area contributed by atoms with Gasteiger partial charge in [0.2, 0.25) is 0 Å². The minimum Gasteiger partial charge on any atom is -0.455 e. The lowest BCUT2D eigenvalue weighted by Gasteiger charge is -2.07. The highest BCUT2D eigenvalue weighted by Crippen LogP contribution is 2.19. The van der Waals surface area contributed by atoms with Crippen molar-refractivity contribution in [3.05, 3.63) is 66.2 Å². The highest BCUT2D eigenvalue weighted by atomic mass is 32.1. The van der Waals surface area contributed by atoms with Gasteiger partial charge in [0, 0.05) is 11.1 Å². The van der Waals surface area contributed by atoms with Gasteiger partial charge < -0.3 is 9.73 Å². The van der Waals surface area contributed by atoms with Crippen LogP contribution >= 0.6 is 12.2 Å². The molecule has 2 N–H and O–H groups in total. The number of hydrogen-bond donors (Lipinski definition) is 2. The number of para-hydroxylation sites is 1. The molecule has 0 fully saturated rings. The highest BCUT2D eigenvalue weighted by molar-refractivity contribution is 7.80. The third-order valence-corrected chi connectivity index (χ3v) is 3.40. The third-order valence-electron chi connectivity index (χ3n) is 3.21. The Morgan fingerprint density at radius 1 is 1.13 bits per heavy atom. The van der Waals surface area contributed by atoms with E-state index in [4.69, 9.17) is 16.6 Å². The van der Waals surface area contributed by atoms with Crippen LogP contribution in [0.3, 0.4) is 0 Å². The number of fused-ring (bicyclic) bond motifs is 1. The molecular weight excluding hydrogens is 313 g/mol. The van der Waals surface area contributed by atoms with E-state index in [2.05, 4.69) is 15.8 Å². The summed E-state index contributed by atoms with van der Waals surface area (Å²) in [6, 6.07) is 15.6. The predicted octanol–water partition coefficient (Wildman–Crippen LogP) is 4.28. The summed E-state index contributed by atoms with van der Waals surface area (Å²) in [6.45, 7) is 1.82. The molecule has 0 saturated carbocycles. The molecule has 1 heterocycles.